The summed E-state index contributed by atoms with van der Waals surface area (Å²) < 4.78 is 55.2. The van der Waals surface area contributed by atoms with Gasteiger partial charge in [0.05, 0.1) is 30.2 Å². The largest absolute Gasteiger partial charge is 0.493 e. The van der Waals surface area contributed by atoms with Crippen LogP contribution in [0.4, 0.5) is 10.5 Å². The third-order valence-corrected chi connectivity index (χ3v) is 10.7. The van der Waals surface area contributed by atoms with Gasteiger partial charge in [-0.05, 0) is 30.7 Å². The quantitative estimate of drug-likeness (QED) is 0.154. The third kappa shape index (κ3) is 7.90. The van der Waals surface area contributed by atoms with Gasteiger partial charge in [0.2, 0.25) is 16.8 Å². The molecule has 0 aliphatic carbocycles. The Morgan fingerprint density at radius 3 is 2.09 bits per heavy atom. The van der Waals surface area contributed by atoms with Crippen LogP contribution in [0.5, 0.6) is 17.2 Å². The number of carbonyl (C=O) groups is 5. The number of benzene rings is 1. The number of nitrogens with zero attached hydrogens (tertiary/aromatic N) is 4. The van der Waals surface area contributed by atoms with Crippen molar-refractivity contribution in [1.29, 1.82) is 0 Å². The molecule has 0 saturated carbocycles. The number of carbonyl (C=O) groups excluding carboxylic acids is 2. The molecule has 288 valence electrons. The van der Waals surface area contributed by atoms with E-state index in [4.69, 9.17) is 23.7 Å². The van der Waals surface area contributed by atoms with Crippen molar-refractivity contribution in [1.82, 2.24) is 14.0 Å². The second kappa shape index (κ2) is 15.2. The lowest BCUT2D eigenvalue weighted by Gasteiger charge is -2.18. The Hall–Kier alpha value is -5.85. The fourth-order valence-corrected chi connectivity index (χ4v) is 7.77. The average molecular weight is 813 g/mol. The van der Waals surface area contributed by atoms with Crippen LogP contribution in [0.15, 0.2) is 38.1 Å². The SMILES string of the molecule is COc1cc2c(cc1OC)N(CCCS(=O)(=O)O)C(=C/C(C)=c1/s/c(=c3/o/c(=C4/SC(=O)N(CC(=O)O)C4=O)n(CC(=O)O)c3=O)n(CC(=O)O)c1=O)O2. The van der Waals surface area contributed by atoms with E-state index in [1.165, 1.54) is 38.2 Å². The Balaban J connectivity index is 1.78. The number of carboxylic acids is 3. The first kappa shape index (κ1) is 39.4. The molecule has 54 heavy (non-hydrogen) atoms. The zero-order chi connectivity index (χ0) is 39.8. The Kier molecular flexibility index (Phi) is 11.1. The van der Waals surface area contributed by atoms with Crippen molar-refractivity contribution in [2.24, 2.45) is 0 Å². The zero-order valence-corrected chi connectivity index (χ0v) is 30.5. The van der Waals surface area contributed by atoms with Crippen molar-refractivity contribution in [2.75, 3.05) is 38.0 Å². The molecule has 4 heterocycles. The molecule has 0 bridgehead atoms. The molecule has 4 N–H and O–H groups in total. The highest BCUT2D eigenvalue weighted by Crippen LogP contribution is 2.46. The molecule has 5 rings (SSSR count). The first-order valence-electron chi connectivity index (χ1n) is 15.1. The minimum absolute atomic E-state index is 0.0272. The van der Waals surface area contributed by atoms with Crippen LogP contribution in [-0.2, 0) is 42.4 Å². The van der Waals surface area contributed by atoms with E-state index in [0.29, 0.717) is 36.8 Å². The minimum Gasteiger partial charge on any atom is -0.493 e. The van der Waals surface area contributed by atoms with Gasteiger partial charge in [0.15, 0.2) is 17.2 Å². The van der Waals surface area contributed by atoms with E-state index < -0.39 is 96.2 Å². The summed E-state index contributed by atoms with van der Waals surface area (Å²) in [6.45, 7) is -1.75. The van der Waals surface area contributed by atoms with Gasteiger partial charge >= 0.3 is 17.9 Å². The van der Waals surface area contributed by atoms with Crippen LogP contribution < -0.4 is 40.3 Å². The summed E-state index contributed by atoms with van der Waals surface area (Å²) in [7, 11) is -1.55. The van der Waals surface area contributed by atoms with Gasteiger partial charge in [-0.1, -0.05) is 0 Å². The molecule has 0 radical (unpaired) electrons. The topological polar surface area (TPSA) is 292 Å². The van der Waals surface area contributed by atoms with Crippen LogP contribution in [0.3, 0.4) is 0 Å². The molecule has 0 atom stereocenters. The fraction of sp³-hybridized carbons (Fsp3) is 0.300. The van der Waals surface area contributed by atoms with Gasteiger partial charge in [0.25, 0.3) is 32.4 Å². The molecule has 2 amide bonds. The number of amides is 2. The molecule has 1 fully saturated rings. The van der Waals surface area contributed by atoms with Gasteiger partial charge in [0, 0.05) is 24.8 Å². The summed E-state index contributed by atoms with van der Waals surface area (Å²) in [5.74, 6) is -5.58. The first-order valence-corrected chi connectivity index (χ1v) is 18.4. The van der Waals surface area contributed by atoms with Crippen molar-refractivity contribution in [3.63, 3.8) is 0 Å². The molecule has 1 aromatic carbocycles. The number of imide groups is 1. The molecule has 1 saturated heterocycles. The molecule has 24 heteroatoms. The van der Waals surface area contributed by atoms with Crippen molar-refractivity contribution in [2.45, 2.75) is 26.4 Å². The number of fused-ring (bicyclic) bond motifs is 1. The first-order chi connectivity index (χ1) is 25.3. The molecule has 0 unspecified atom stereocenters. The van der Waals surface area contributed by atoms with Gasteiger partial charge < -0.3 is 38.8 Å². The van der Waals surface area contributed by atoms with E-state index >= 15 is 0 Å². The average Bonchev–Trinajstić information content (AvgIpc) is 3.77. The molecule has 2 aliphatic rings. The smallest absolute Gasteiger partial charge is 0.323 e. The monoisotopic (exact) mass is 812 g/mol. The fourth-order valence-electron chi connectivity index (χ4n) is 5.32. The Labute approximate surface area is 309 Å². The second-order valence-corrected chi connectivity index (χ2v) is 14.8. The van der Waals surface area contributed by atoms with E-state index in [0.717, 1.165) is 0 Å². The summed E-state index contributed by atoms with van der Waals surface area (Å²) in [6, 6.07) is 3.05. The Morgan fingerprint density at radius 2 is 1.50 bits per heavy atom. The van der Waals surface area contributed by atoms with Gasteiger partial charge in [-0.25, -0.2) is 0 Å². The van der Waals surface area contributed by atoms with E-state index in [1.807, 2.05) is 0 Å². The van der Waals surface area contributed by atoms with Crippen LogP contribution in [-0.4, -0.2) is 104 Å². The van der Waals surface area contributed by atoms with E-state index in [2.05, 4.69) is 0 Å². The van der Waals surface area contributed by atoms with Crippen LogP contribution in [0.1, 0.15) is 13.3 Å². The molecular formula is C30H28N4O17S3. The lowest BCUT2D eigenvalue weighted by Crippen LogP contribution is -2.36. The van der Waals surface area contributed by atoms with Crippen molar-refractivity contribution >= 4 is 78.4 Å². The number of thiazole rings is 1. The number of aliphatic carboxylic acids is 3. The molecule has 21 nitrogen and oxygen atoms in total. The van der Waals surface area contributed by atoms with Gasteiger partial charge in [-0.15, -0.1) is 11.3 Å². The number of methoxy groups -OCH3 is 2. The number of thioether (sulfide) groups is 1. The maximum Gasteiger partial charge on any atom is 0.323 e. The minimum atomic E-state index is -4.33. The maximum absolute atomic E-state index is 13.8. The Bertz CT molecular complexity index is 2620. The molecule has 2 aromatic heterocycles. The molecule has 2 aliphatic heterocycles. The predicted octanol–water partition coefficient (Wildman–Crippen LogP) is -0.785. The summed E-state index contributed by atoms with van der Waals surface area (Å²) >= 11 is 0.747. The maximum atomic E-state index is 13.8. The van der Waals surface area contributed by atoms with E-state index in [9.17, 15) is 56.7 Å². The normalized spacial score (nSPS) is 17.1. The number of rotatable bonds is 13. The number of anilines is 1. The van der Waals surface area contributed by atoms with Crippen LogP contribution in [0, 0.1) is 10.1 Å². The summed E-state index contributed by atoms with van der Waals surface area (Å²) in [5, 5.41) is 27.3. The molecule has 3 aromatic rings. The Morgan fingerprint density at radius 1 is 0.889 bits per heavy atom. The van der Waals surface area contributed by atoms with Crippen molar-refractivity contribution < 1.29 is 70.9 Å². The summed E-state index contributed by atoms with van der Waals surface area (Å²) in [6.07, 6.45) is 1.29. The predicted molar refractivity (Wildman–Crippen MR) is 185 cm³/mol. The number of ether oxygens (including phenoxy) is 3. The van der Waals surface area contributed by atoms with Crippen LogP contribution in [0.25, 0.3) is 10.5 Å². The van der Waals surface area contributed by atoms with E-state index in [1.54, 1.807) is 6.07 Å². The van der Waals surface area contributed by atoms with E-state index in [-0.39, 0.29) is 52.2 Å². The number of carboxylic acid groups (broad SMARTS) is 3. The summed E-state index contributed by atoms with van der Waals surface area (Å²) in [5.41, 5.74) is -3.13. The van der Waals surface area contributed by atoms with Crippen molar-refractivity contribution in [3.05, 3.63) is 65.0 Å². The highest BCUT2D eigenvalue weighted by molar-refractivity contribution is 8.22. The number of oxazole rings is 1. The number of allylic oxidation sites excluding steroid dienone is 1. The third-order valence-electron chi connectivity index (χ3n) is 7.60. The van der Waals surface area contributed by atoms with Crippen molar-refractivity contribution in [3.8, 4) is 17.2 Å². The number of hydrogen-bond acceptors (Lipinski definition) is 16. The van der Waals surface area contributed by atoms with Gasteiger partial charge in [-0.2, -0.15) is 8.42 Å². The zero-order valence-electron chi connectivity index (χ0n) is 28.1. The van der Waals surface area contributed by atoms with Crippen LogP contribution >= 0.6 is 23.1 Å². The second-order valence-electron chi connectivity index (χ2n) is 11.3. The van der Waals surface area contributed by atoms with Crippen LogP contribution in [0.2, 0.25) is 0 Å². The molecular weight excluding hydrogens is 785 g/mol. The lowest BCUT2D eigenvalue weighted by molar-refractivity contribution is -0.140. The number of aromatic nitrogens is 2. The molecule has 0 spiro atoms. The highest BCUT2D eigenvalue weighted by atomic mass is 32.2. The number of hydrogen-bond donors (Lipinski definition) is 4. The summed E-state index contributed by atoms with van der Waals surface area (Å²) in [4.78, 5) is 89.1. The lowest BCUT2D eigenvalue weighted by atomic mass is 10.2. The standard InChI is InChI=1S/C30H28N4O17S3/c1-13(7-18-31(5-4-6-54(45,46)47)14-8-16(48-2)17(49-3)9-15(14)50-18)23-26(42)33(11-20(37)38)29(52-23)22-25(41)32(10-19(35)36)28(51-22)24-27(43)34(12-21(39)40)30(44)53-24/h7-9H,4-6,10-12H2,1-3H3,(H,35,36)(H,37,38)(H,39,40)(H,45,46,47)/b18-7?,23-13+,28-24+,29-22+. The highest BCUT2D eigenvalue weighted by Gasteiger charge is 2.39. The van der Waals surface area contributed by atoms with Gasteiger partial charge in [-0.3, -0.25) is 52.1 Å². The van der Waals surface area contributed by atoms with Gasteiger partial charge in [0.1, 0.15) is 29.2 Å².